The molecule has 0 heterocycles. The fourth-order valence-corrected chi connectivity index (χ4v) is 3.45. The number of anilines is 1. The van der Waals surface area contributed by atoms with Crippen molar-refractivity contribution in [3.63, 3.8) is 0 Å². The lowest BCUT2D eigenvalue weighted by atomic mass is 10.2. The van der Waals surface area contributed by atoms with Crippen LogP contribution in [0.3, 0.4) is 0 Å². The van der Waals surface area contributed by atoms with Crippen LogP contribution < -0.4 is 5.32 Å². The van der Waals surface area contributed by atoms with Crippen molar-refractivity contribution >= 4 is 39.2 Å². The molecule has 1 amide bonds. The standard InChI is InChI=1S/C15H21NO5S2/c1-3-4-6-22-7-5-14(17)16-12-8-11(15(18)19)9-13(10-12)23(2,20)21/h8-10H,3-7H2,1-2H3,(H,16,17)(H,18,19). The summed E-state index contributed by atoms with van der Waals surface area (Å²) in [5, 5.41) is 11.6. The van der Waals surface area contributed by atoms with Crippen molar-refractivity contribution in [3.8, 4) is 0 Å². The van der Waals surface area contributed by atoms with Gasteiger partial charge in [0.05, 0.1) is 10.5 Å². The van der Waals surface area contributed by atoms with E-state index in [0.717, 1.165) is 30.9 Å². The highest BCUT2D eigenvalue weighted by Gasteiger charge is 2.14. The molecule has 6 nitrogen and oxygen atoms in total. The molecule has 128 valence electrons. The van der Waals surface area contributed by atoms with Gasteiger partial charge in [-0.2, -0.15) is 11.8 Å². The monoisotopic (exact) mass is 359 g/mol. The Bertz CT molecular complexity index is 670. The molecule has 2 N–H and O–H groups in total. The second kappa shape index (κ2) is 8.93. The van der Waals surface area contributed by atoms with Gasteiger partial charge in [0.1, 0.15) is 0 Å². The average molecular weight is 359 g/mol. The first-order chi connectivity index (χ1) is 10.7. The molecule has 8 heteroatoms. The number of benzene rings is 1. The number of aromatic carboxylic acids is 1. The fourth-order valence-electron chi connectivity index (χ4n) is 1.75. The number of hydrogen-bond donors (Lipinski definition) is 2. The second-order valence-electron chi connectivity index (χ2n) is 5.09. The topological polar surface area (TPSA) is 101 Å². The van der Waals surface area contributed by atoms with Gasteiger partial charge < -0.3 is 10.4 Å². The third-order valence-corrected chi connectivity index (χ3v) is 5.14. The molecule has 0 unspecified atom stereocenters. The van der Waals surface area contributed by atoms with Crippen LogP contribution in [0.15, 0.2) is 23.1 Å². The number of carboxylic acid groups (broad SMARTS) is 1. The maximum atomic E-state index is 11.9. The van der Waals surface area contributed by atoms with Crippen molar-refractivity contribution in [2.24, 2.45) is 0 Å². The highest BCUT2D eigenvalue weighted by atomic mass is 32.2. The largest absolute Gasteiger partial charge is 0.478 e. The zero-order valence-electron chi connectivity index (χ0n) is 13.2. The highest BCUT2D eigenvalue weighted by Crippen LogP contribution is 2.20. The fraction of sp³-hybridized carbons (Fsp3) is 0.467. The molecule has 0 atom stereocenters. The number of carboxylic acids is 1. The SMILES string of the molecule is CCCCSCCC(=O)Nc1cc(C(=O)O)cc(S(C)(=O)=O)c1. The molecule has 0 bridgehead atoms. The lowest BCUT2D eigenvalue weighted by molar-refractivity contribution is -0.115. The van der Waals surface area contributed by atoms with Crippen molar-refractivity contribution in [1.29, 1.82) is 0 Å². The number of sulfone groups is 1. The van der Waals surface area contributed by atoms with Crippen molar-refractivity contribution in [2.45, 2.75) is 31.1 Å². The first-order valence-electron chi connectivity index (χ1n) is 7.20. The molecule has 0 radical (unpaired) electrons. The first-order valence-corrected chi connectivity index (χ1v) is 10.2. The summed E-state index contributed by atoms with van der Waals surface area (Å²) in [6.07, 6.45) is 3.49. The third kappa shape index (κ3) is 7.04. The van der Waals surface area contributed by atoms with E-state index in [1.54, 1.807) is 11.8 Å². The maximum Gasteiger partial charge on any atom is 0.335 e. The molecule has 0 saturated carbocycles. The van der Waals surface area contributed by atoms with E-state index >= 15 is 0 Å². The summed E-state index contributed by atoms with van der Waals surface area (Å²) in [4.78, 5) is 22.8. The third-order valence-electron chi connectivity index (χ3n) is 2.98. The Balaban J connectivity index is 2.77. The molecule has 0 spiro atoms. The van der Waals surface area contributed by atoms with Crippen molar-refractivity contribution in [3.05, 3.63) is 23.8 Å². The van der Waals surface area contributed by atoms with Crippen LogP contribution in [-0.2, 0) is 14.6 Å². The van der Waals surface area contributed by atoms with Crippen molar-refractivity contribution in [1.82, 2.24) is 0 Å². The summed E-state index contributed by atoms with van der Waals surface area (Å²) in [5.41, 5.74) is -0.00516. The Morgan fingerprint density at radius 3 is 2.48 bits per heavy atom. The van der Waals surface area contributed by atoms with Gasteiger partial charge in [-0.05, 0) is 30.4 Å². The summed E-state index contributed by atoms with van der Waals surface area (Å²) in [7, 11) is -3.56. The van der Waals surface area contributed by atoms with Gasteiger partial charge in [-0.1, -0.05) is 13.3 Å². The van der Waals surface area contributed by atoms with Crippen LogP contribution in [0.2, 0.25) is 0 Å². The Labute approximate surface area is 140 Å². The van der Waals surface area contributed by atoms with Crippen LogP contribution in [0, 0.1) is 0 Å². The Kier molecular flexibility index (Phi) is 7.57. The molecular formula is C15H21NO5S2. The summed E-state index contributed by atoms with van der Waals surface area (Å²) < 4.78 is 23.2. The van der Waals surface area contributed by atoms with E-state index in [-0.39, 0.29) is 22.1 Å². The maximum absolute atomic E-state index is 11.9. The number of rotatable bonds is 9. The quantitative estimate of drug-likeness (QED) is 0.658. The predicted octanol–water partition coefficient (Wildman–Crippen LogP) is 2.65. The number of unbranched alkanes of at least 4 members (excludes halogenated alkanes) is 1. The number of nitrogens with one attached hydrogen (secondary N) is 1. The minimum absolute atomic E-state index is 0.134. The van der Waals surface area contributed by atoms with Crippen molar-refractivity contribution < 1.29 is 23.1 Å². The zero-order valence-corrected chi connectivity index (χ0v) is 14.8. The molecule has 0 aromatic heterocycles. The highest BCUT2D eigenvalue weighted by molar-refractivity contribution is 7.99. The smallest absolute Gasteiger partial charge is 0.335 e. The Hall–Kier alpha value is -1.54. The molecule has 1 aromatic carbocycles. The van der Waals surface area contributed by atoms with Crippen LogP contribution >= 0.6 is 11.8 Å². The number of carbonyl (C=O) groups is 2. The van der Waals surface area contributed by atoms with Crippen LogP contribution in [0.4, 0.5) is 5.69 Å². The minimum Gasteiger partial charge on any atom is -0.478 e. The zero-order chi connectivity index (χ0) is 17.5. The summed E-state index contributed by atoms with van der Waals surface area (Å²) in [5.74, 6) is 0.150. The van der Waals surface area contributed by atoms with Crippen molar-refractivity contribution in [2.75, 3.05) is 23.1 Å². The molecule has 0 fully saturated rings. The van der Waals surface area contributed by atoms with E-state index in [1.807, 2.05) is 0 Å². The molecule has 23 heavy (non-hydrogen) atoms. The van der Waals surface area contributed by atoms with Gasteiger partial charge in [-0.15, -0.1) is 0 Å². The van der Waals surface area contributed by atoms with E-state index in [1.165, 1.54) is 12.1 Å². The molecule has 0 aliphatic heterocycles. The summed E-state index contributed by atoms with van der Waals surface area (Å²) >= 11 is 1.68. The minimum atomic E-state index is -3.56. The molecular weight excluding hydrogens is 338 g/mol. The molecule has 1 rings (SSSR count). The van der Waals surface area contributed by atoms with Gasteiger partial charge in [0.15, 0.2) is 9.84 Å². The van der Waals surface area contributed by atoms with Gasteiger partial charge in [-0.3, -0.25) is 4.79 Å². The van der Waals surface area contributed by atoms with Crippen LogP contribution in [0.25, 0.3) is 0 Å². The summed E-state index contributed by atoms with van der Waals surface area (Å²) in [6, 6.07) is 3.59. The second-order valence-corrected chi connectivity index (χ2v) is 8.33. The average Bonchev–Trinajstić information content (AvgIpc) is 2.45. The predicted molar refractivity (Wildman–Crippen MR) is 92.0 cm³/mol. The van der Waals surface area contributed by atoms with Crippen LogP contribution in [-0.4, -0.2) is 43.2 Å². The number of hydrogen-bond acceptors (Lipinski definition) is 5. The molecule has 0 saturated heterocycles. The summed E-state index contributed by atoms with van der Waals surface area (Å²) in [6.45, 7) is 2.10. The van der Waals surface area contributed by atoms with E-state index in [0.29, 0.717) is 12.2 Å². The van der Waals surface area contributed by atoms with Gasteiger partial charge >= 0.3 is 5.97 Å². The molecule has 1 aromatic rings. The normalized spacial score (nSPS) is 11.2. The van der Waals surface area contributed by atoms with E-state index in [9.17, 15) is 18.0 Å². The van der Waals surface area contributed by atoms with E-state index < -0.39 is 15.8 Å². The Morgan fingerprint density at radius 1 is 1.22 bits per heavy atom. The molecule has 0 aliphatic carbocycles. The van der Waals surface area contributed by atoms with E-state index in [2.05, 4.69) is 12.2 Å². The number of amides is 1. The van der Waals surface area contributed by atoms with Crippen LogP contribution in [0.5, 0.6) is 0 Å². The Morgan fingerprint density at radius 2 is 1.91 bits per heavy atom. The first kappa shape index (κ1) is 19.5. The van der Waals surface area contributed by atoms with E-state index in [4.69, 9.17) is 5.11 Å². The van der Waals surface area contributed by atoms with Gasteiger partial charge in [-0.25, -0.2) is 13.2 Å². The van der Waals surface area contributed by atoms with Gasteiger partial charge in [0, 0.05) is 24.1 Å². The number of thioether (sulfide) groups is 1. The van der Waals surface area contributed by atoms with Gasteiger partial charge in [0.2, 0.25) is 5.91 Å². The number of carbonyl (C=O) groups excluding carboxylic acids is 1. The molecule has 0 aliphatic rings. The van der Waals surface area contributed by atoms with Crippen LogP contribution in [0.1, 0.15) is 36.5 Å². The lowest BCUT2D eigenvalue weighted by Gasteiger charge is -2.09. The lowest BCUT2D eigenvalue weighted by Crippen LogP contribution is -2.14. The van der Waals surface area contributed by atoms with Gasteiger partial charge in [0.25, 0.3) is 0 Å².